The number of aromatic amines is 2. The van der Waals surface area contributed by atoms with Crippen molar-refractivity contribution in [1.29, 1.82) is 0 Å². The number of hydrogen-bond acceptors (Lipinski definition) is 3. The van der Waals surface area contributed by atoms with Gasteiger partial charge in [-0.05, 0) is 31.8 Å². The largest absolute Gasteiger partial charge is 0.481 e. The molecule has 6 heteroatoms. The minimum atomic E-state index is -0.846. The fourth-order valence-corrected chi connectivity index (χ4v) is 2.40. The Labute approximate surface area is 110 Å². The van der Waals surface area contributed by atoms with Crippen LogP contribution in [-0.4, -0.2) is 40.0 Å². The van der Waals surface area contributed by atoms with E-state index in [0.29, 0.717) is 11.0 Å². The number of nitrogens with one attached hydrogen (secondary N) is 2. The molecule has 2 rings (SSSR count). The fraction of sp³-hybridized carbons (Fsp3) is 0.385. The van der Waals surface area contributed by atoms with Crippen LogP contribution in [0.1, 0.15) is 18.5 Å². The standard InChI is InChI=1S/C13H17N3O3/c1-7(12(17)18)11(16(2)3)8-4-5-9-10(6-8)15-13(19)14-9/h4-7,11H,1-3H3,(H,17,18)(H2,14,15,19). The summed E-state index contributed by atoms with van der Waals surface area (Å²) in [6, 6.07) is 5.20. The van der Waals surface area contributed by atoms with Crippen LogP contribution in [0.2, 0.25) is 0 Å². The average molecular weight is 263 g/mol. The molecule has 0 aliphatic heterocycles. The van der Waals surface area contributed by atoms with Crippen molar-refractivity contribution < 1.29 is 9.90 Å². The Morgan fingerprint density at radius 3 is 2.47 bits per heavy atom. The third-order valence-corrected chi connectivity index (χ3v) is 3.30. The van der Waals surface area contributed by atoms with Crippen molar-refractivity contribution >= 4 is 17.0 Å². The van der Waals surface area contributed by atoms with Crippen LogP contribution in [-0.2, 0) is 4.79 Å². The van der Waals surface area contributed by atoms with Crippen molar-refractivity contribution in [2.75, 3.05) is 14.1 Å². The maximum Gasteiger partial charge on any atom is 0.323 e. The average Bonchev–Trinajstić information content (AvgIpc) is 2.67. The lowest BCUT2D eigenvalue weighted by Crippen LogP contribution is -2.30. The Morgan fingerprint density at radius 1 is 1.26 bits per heavy atom. The molecule has 1 aromatic heterocycles. The number of nitrogens with zero attached hydrogens (tertiary/aromatic N) is 1. The molecule has 0 spiro atoms. The highest BCUT2D eigenvalue weighted by atomic mass is 16.4. The molecular weight excluding hydrogens is 246 g/mol. The van der Waals surface area contributed by atoms with Crippen LogP contribution in [0.25, 0.3) is 11.0 Å². The van der Waals surface area contributed by atoms with E-state index in [2.05, 4.69) is 9.97 Å². The summed E-state index contributed by atoms with van der Waals surface area (Å²) in [5.41, 5.74) is 2.00. The summed E-state index contributed by atoms with van der Waals surface area (Å²) in [6.07, 6.45) is 0. The number of aromatic nitrogens is 2. The van der Waals surface area contributed by atoms with Crippen LogP contribution >= 0.6 is 0 Å². The molecule has 0 saturated heterocycles. The third-order valence-electron chi connectivity index (χ3n) is 3.30. The Hall–Kier alpha value is -2.08. The van der Waals surface area contributed by atoms with Gasteiger partial charge in [-0.25, -0.2) is 4.79 Å². The van der Waals surface area contributed by atoms with E-state index in [1.54, 1.807) is 13.0 Å². The molecule has 0 aliphatic rings. The lowest BCUT2D eigenvalue weighted by Gasteiger charge is -2.28. The van der Waals surface area contributed by atoms with Gasteiger partial charge in [0.15, 0.2) is 0 Å². The molecule has 2 atom stereocenters. The van der Waals surface area contributed by atoms with Gasteiger partial charge in [0.2, 0.25) is 0 Å². The summed E-state index contributed by atoms with van der Waals surface area (Å²) < 4.78 is 0. The van der Waals surface area contributed by atoms with Gasteiger partial charge in [-0.2, -0.15) is 0 Å². The van der Waals surface area contributed by atoms with Gasteiger partial charge in [-0.3, -0.25) is 4.79 Å². The first-order valence-corrected chi connectivity index (χ1v) is 6.01. The van der Waals surface area contributed by atoms with E-state index in [1.165, 1.54) is 0 Å². The summed E-state index contributed by atoms with van der Waals surface area (Å²) in [6.45, 7) is 1.68. The van der Waals surface area contributed by atoms with Crippen molar-refractivity contribution in [3.05, 3.63) is 34.2 Å². The van der Waals surface area contributed by atoms with Crippen molar-refractivity contribution in [2.45, 2.75) is 13.0 Å². The van der Waals surface area contributed by atoms with Gasteiger partial charge in [0.05, 0.1) is 17.0 Å². The van der Waals surface area contributed by atoms with Gasteiger partial charge in [0.1, 0.15) is 0 Å². The summed E-state index contributed by atoms with van der Waals surface area (Å²) in [5, 5.41) is 9.19. The summed E-state index contributed by atoms with van der Waals surface area (Å²) in [4.78, 5) is 29.6. The molecule has 0 amide bonds. The quantitative estimate of drug-likeness (QED) is 0.772. The van der Waals surface area contributed by atoms with Gasteiger partial charge in [-0.1, -0.05) is 13.0 Å². The van der Waals surface area contributed by atoms with Crippen LogP contribution in [0.3, 0.4) is 0 Å². The molecule has 0 fully saturated rings. The SMILES string of the molecule is CC(C(=O)O)C(c1ccc2[nH]c(=O)[nH]c2c1)N(C)C. The monoisotopic (exact) mass is 263 g/mol. The first-order chi connectivity index (χ1) is 8.90. The lowest BCUT2D eigenvalue weighted by molar-refractivity contribution is -0.143. The Kier molecular flexibility index (Phi) is 3.44. The van der Waals surface area contributed by atoms with E-state index in [9.17, 15) is 14.7 Å². The van der Waals surface area contributed by atoms with Crippen LogP contribution in [0.5, 0.6) is 0 Å². The topological polar surface area (TPSA) is 89.2 Å². The predicted molar refractivity (Wildman–Crippen MR) is 72.1 cm³/mol. The number of imidazole rings is 1. The first kappa shape index (κ1) is 13.4. The Morgan fingerprint density at radius 2 is 1.89 bits per heavy atom. The molecule has 1 heterocycles. The highest BCUT2D eigenvalue weighted by molar-refractivity contribution is 5.76. The number of rotatable bonds is 4. The number of hydrogen-bond donors (Lipinski definition) is 3. The fourth-order valence-electron chi connectivity index (χ4n) is 2.40. The number of H-pyrrole nitrogens is 2. The van der Waals surface area contributed by atoms with Crippen molar-refractivity contribution in [3.8, 4) is 0 Å². The molecule has 2 aromatic rings. The smallest absolute Gasteiger partial charge is 0.323 e. The van der Waals surface area contributed by atoms with E-state index >= 15 is 0 Å². The maximum absolute atomic E-state index is 11.2. The Bertz CT molecular complexity index is 656. The number of carboxylic acid groups (broad SMARTS) is 1. The highest BCUT2D eigenvalue weighted by Crippen LogP contribution is 2.28. The van der Waals surface area contributed by atoms with E-state index in [-0.39, 0.29) is 11.7 Å². The van der Waals surface area contributed by atoms with E-state index in [1.807, 2.05) is 31.1 Å². The second-order valence-electron chi connectivity index (χ2n) is 4.92. The molecule has 6 nitrogen and oxygen atoms in total. The van der Waals surface area contributed by atoms with Gasteiger partial charge in [-0.15, -0.1) is 0 Å². The normalized spacial score (nSPS) is 14.7. The molecule has 0 bridgehead atoms. The highest BCUT2D eigenvalue weighted by Gasteiger charge is 2.27. The van der Waals surface area contributed by atoms with Gasteiger partial charge >= 0.3 is 11.7 Å². The molecule has 0 saturated carbocycles. The zero-order valence-electron chi connectivity index (χ0n) is 11.1. The van der Waals surface area contributed by atoms with Crippen molar-refractivity contribution in [1.82, 2.24) is 14.9 Å². The maximum atomic E-state index is 11.2. The minimum absolute atomic E-state index is 0.250. The number of carboxylic acids is 1. The van der Waals surface area contributed by atoms with Crippen molar-refractivity contribution in [3.63, 3.8) is 0 Å². The molecule has 102 valence electrons. The van der Waals surface area contributed by atoms with Gasteiger partial charge < -0.3 is 20.0 Å². The zero-order valence-corrected chi connectivity index (χ0v) is 11.1. The van der Waals surface area contributed by atoms with E-state index in [0.717, 1.165) is 5.56 Å². The van der Waals surface area contributed by atoms with E-state index in [4.69, 9.17) is 0 Å². The van der Waals surface area contributed by atoms with Crippen LogP contribution in [0, 0.1) is 5.92 Å². The molecule has 2 unspecified atom stereocenters. The van der Waals surface area contributed by atoms with Crippen LogP contribution in [0.4, 0.5) is 0 Å². The molecule has 0 aliphatic carbocycles. The second kappa shape index (κ2) is 4.89. The number of aliphatic carboxylic acids is 1. The second-order valence-corrected chi connectivity index (χ2v) is 4.92. The minimum Gasteiger partial charge on any atom is -0.481 e. The van der Waals surface area contributed by atoms with Gasteiger partial charge in [0.25, 0.3) is 0 Å². The molecule has 19 heavy (non-hydrogen) atoms. The van der Waals surface area contributed by atoms with Crippen molar-refractivity contribution in [2.24, 2.45) is 5.92 Å². The lowest BCUT2D eigenvalue weighted by atomic mass is 9.93. The van der Waals surface area contributed by atoms with E-state index < -0.39 is 11.9 Å². The molecular formula is C13H17N3O3. The number of fused-ring (bicyclic) bond motifs is 1. The molecule has 0 radical (unpaired) electrons. The van der Waals surface area contributed by atoms with Gasteiger partial charge in [0, 0.05) is 6.04 Å². The van der Waals surface area contributed by atoms with Crippen LogP contribution < -0.4 is 5.69 Å². The summed E-state index contributed by atoms with van der Waals surface area (Å²) >= 11 is 0. The van der Waals surface area contributed by atoms with Crippen LogP contribution in [0.15, 0.2) is 23.0 Å². The first-order valence-electron chi connectivity index (χ1n) is 6.01. The summed E-state index contributed by atoms with van der Waals surface area (Å²) in [5.74, 6) is -1.39. The zero-order chi connectivity index (χ0) is 14.2. The predicted octanol–water partition coefficient (Wildman–Crippen LogP) is 1.18. The number of benzene rings is 1. The Balaban J connectivity index is 2.49. The molecule has 3 N–H and O–H groups in total. The molecule has 1 aromatic carbocycles. The summed E-state index contributed by atoms with van der Waals surface area (Å²) in [7, 11) is 3.68. The third kappa shape index (κ3) is 2.53. The number of carbonyl (C=O) groups is 1.